The minimum Gasteiger partial charge on any atom is -0.258 e. The molecule has 0 unspecified atom stereocenters. The first-order chi connectivity index (χ1) is 15.5. The monoisotopic (exact) mass is 460 g/mol. The molecule has 2 aromatic heterocycles. The Morgan fingerprint density at radius 2 is 0.969 bits per heavy atom. The van der Waals surface area contributed by atoms with Crippen LogP contribution in [0.15, 0.2) is 71.4 Å². The lowest BCUT2D eigenvalue weighted by Gasteiger charge is -1.93. The summed E-state index contributed by atoms with van der Waals surface area (Å²) >= 11 is 3.26. The molecule has 32 heavy (non-hydrogen) atoms. The summed E-state index contributed by atoms with van der Waals surface area (Å²) in [6, 6.07) is 17.1. The summed E-state index contributed by atoms with van der Waals surface area (Å²) in [4.78, 5) is 22.8. The van der Waals surface area contributed by atoms with Crippen LogP contribution in [0.2, 0.25) is 0 Å². The van der Waals surface area contributed by atoms with Crippen LogP contribution >= 0.6 is 22.7 Å². The van der Waals surface area contributed by atoms with Crippen molar-refractivity contribution in [1.82, 2.24) is 0 Å². The third-order valence-electron chi connectivity index (χ3n) is 4.66. The van der Waals surface area contributed by atoms with E-state index in [1.54, 1.807) is 46.9 Å². The Bertz CT molecular complexity index is 1210. The Hall–Kier alpha value is -3.88. The van der Waals surface area contributed by atoms with Crippen molar-refractivity contribution >= 4 is 58.4 Å². The number of nitrogens with zero attached hydrogens (tertiary/aromatic N) is 2. The molecule has 0 amide bonds. The molecular formula is C24H16N2O4S2. The standard InChI is InChI=1S/C24H16N2O4S2/c27-25(28)21-7-1-17(2-8-21)5-11-23-13-19(15-31-23)20-14-24(32-16-20)12-6-18-3-9-22(10-4-18)26(29)30/h1-16H. The van der Waals surface area contributed by atoms with Gasteiger partial charge in [-0.25, -0.2) is 0 Å². The molecule has 0 aliphatic carbocycles. The van der Waals surface area contributed by atoms with Crippen molar-refractivity contribution in [3.05, 3.63) is 113 Å². The summed E-state index contributed by atoms with van der Waals surface area (Å²) in [6.07, 6.45) is 7.87. The number of thiophene rings is 2. The minimum absolute atomic E-state index is 0.0800. The number of rotatable bonds is 7. The topological polar surface area (TPSA) is 86.3 Å². The highest BCUT2D eigenvalue weighted by Crippen LogP contribution is 2.31. The number of hydrogen-bond acceptors (Lipinski definition) is 6. The van der Waals surface area contributed by atoms with Crippen LogP contribution in [-0.2, 0) is 0 Å². The van der Waals surface area contributed by atoms with Crippen molar-refractivity contribution in [2.45, 2.75) is 0 Å². The third kappa shape index (κ3) is 5.23. The lowest BCUT2D eigenvalue weighted by Crippen LogP contribution is -1.86. The van der Waals surface area contributed by atoms with Gasteiger partial charge in [0.15, 0.2) is 0 Å². The first kappa shape index (κ1) is 21.4. The molecule has 158 valence electrons. The number of nitro benzene ring substituents is 2. The van der Waals surface area contributed by atoms with Crippen LogP contribution in [0.4, 0.5) is 11.4 Å². The van der Waals surface area contributed by atoms with Crippen LogP contribution in [0.25, 0.3) is 35.4 Å². The summed E-state index contributed by atoms with van der Waals surface area (Å²) in [5.74, 6) is 0. The SMILES string of the molecule is O=[N+]([O-])c1ccc(C=Cc2cc(-c3csc(C=Cc4ccc([N+](=O)[O-])cc4)c3)cs2)cc1. The molecule has 8 heteroatoms. The summed E-state index contributed by atoms with van der Waals surface area (Å²) in [7, 11) is 0. The van der Waals surface area contributed by atoms with Crippen molar-refractivity contribution in [2.75, 3.05) is 0 Å². The van der Waals surface area contributed by atoms with E-state index < -0.39 is 9.85 Å². The number of non-ortho nitro benzene ring substituents is 2. The molecule has 0 aliphatic rings. The molecule has 0 N–H and O–H groups in total. The van der Waals surface area contributed by atoms with Gasteiger partial charge >= 0.3 is 0 Å². The molecular weight excluding hydrogens is 444 g/mol. The second-order valence-electron chi connectivity index (χ2n) is 6.84. The van der Waals surface area contributed by atoms with Gasteiger partial charge in [-0.05, 0) is 81.6 Å². The highest BCUT2D eigenvalue weighted by atomic mass is 32.1. The Morgan fingerprint density at radius 1 is 0.594 bits per heavy atom. The van der Waals surface area contributed by atoms with Gasteiger partial charge in [0.1, 0.15) is 0 Å². The Labute approximate surface area is 191 Å². The number of benzene rings is 2. The zero-order chi connectivity index (χ0) is 22.5. The smallest absolute Gasteiger partial charge is 0.258 e. The van der Waals surface area contributed by atoms with Crippen molar-refractivity contribution in [3.63, 3.8) is 0 Å². The minimum atomic E-state index is -0.407. The molecule has 2 heterocycles. The van der Waals surface area contributed by atoms with Gasteiger partial charge < -0.3 is 0 Å². The highest BCUT2D eigenvalue weighted by molar-refractivity contribution is 7.12. The average molecular weight is 461 g/mol. The van der Waals surface area contributed by atoms with Crippen LogP contribution < -0.4 is 0 Å². The molecule has 2 aromatic carbocycles. The first-order valence-corrected chi connectivity index (χ1v) is 11.3. The fourth-order valence-corrected chi connectivity index (χ4v) is 4.57. The molecule has 4 rings (SSSR count). The van der Waals surface area contributed by atoms with Gasteiger partial charge in [-0.3, -0.25) is 20.2 Å². The van der Waals surface area contributed by atoms with E-state index in [2.05, 4.69) is 22.9 Å². The highest BCUT2D eigenvalue weighted by Gasteiger charge is 2.06. The normalized spacial score (nSPS) is 11.4. The predicted molar refractivity (Wildman–Crippen MR) is 132 cm³/mol. The van der Waals surface area contributed by atoms with E-state index in [-0.39, 0.29) is 11.4 Å². The lowest BCUT2D eigenvalue weighted by atomic mass is 10.1. The van der Waals surface area contributed by atoms with Crippen LogP contribution in [0.3, 0.4) is 0 Å². The molecule has 0 fully saturated rings. The van der Waals surface area contributed by atoms with Crippen molar-refractivity contribution in [2.24, 2.45) is 0 Å². The van der Waals surface area contributed by atoms with Crippen molar-refractivity contribution in [1.29, 1.82) is 0 Å². The second-order valence-corrected chi connectivity index (χ2v) is 8.73. The van der Waals surface area contributed by atoms with E-state index in [1.165, 1.54) is 24.3 Å². The Balaban J connectivity index is 1.42. The summed E-state index contributed by atoms with van der Waals surface area (Å²) < 4.78 is 0. The molecule has 0 saturated carbocycles. The van der Waals surface area contributed by atoms with Gasteiger partial charge in [-0.1, -0.05) is 12.2 Å². The molecule has 4 aromatic rings. The number of hydrogen-bond donors (Lipinski definition) is 0. The maximum Gasteiger partial charge on any atom is 0.269 e. The maximum absolute atomic E-state index is 10.7. The van der Waals surface area contributed by atoms with Crippen molar-refractivity contribution < 1.29 is 9.85 Å². The second kappa shape index (κ2) is 9.51. The lowest BCUT2D eigenvalue weighted by molar-refractivity contribution is -0.385. The van der Waals surface area contributed by atoms with Gasteiger partial charge in [0.25, 0.3) is 11.4 Å². The summed E-state index contributed by atoms with van der Waals surface area (Å²) in [5, 5.41) is 25.7. The third-order valence-corrected chi connectivity index (χ3v) is 6.46. The molecule has 0 aliphatic heterocycles. The molecule has 0 radical (unpaired) electrons. The van der Waals surface area contributed by atoms with Crippen LogP contribution in [0.5, 0.6) is 0 Å². The van der Waals surface area contributed by atoms with Crippen LogP contribution in [0.1, 0.15) is 20.9 Å². The van der Waals surface area contributed by atoms with Crippen LogP contribution in [-0.4, -0.2) is 9.85 Å². The van der Waals surface area contributed by atoms with Gasteiger partial charge in [0.2, 0.25) is 0 Å². The fraction of sp³-hybridized carbons (Fsp3) is 0. The largest absolute Gasteiger partial charge is 0.269 e. The van der Waals surface area contributed by atoms with Gasteiger partial charge in [-0.2, -0.15) is 0 Å². The molecule has 0 saturated heterocycles. The van der Waals surface area contributed by atoms with E-state index in [9.17, 15) is 20.2 Å². The zero-order valence-corrected chi connectivity index (χ0v) is 18.2. The summed E-state index contributed by atoms with van der Waals surface area (Å²) in [6.45, 7) is 0. The maximum atomic E-state index is 10.7. The molecule has 6 nitrogen and oxygen atoms in total. The summed E-state index contributed by atoms with van der Waals surface area (Å²) in [5.41, 5.74) is 4.22. The number of nitro groups is 2. The van der Waals surface area contributed by atoms with Crippen molar-refractivity contribution in [3.8, 4) is 11.1 Å². The van der Waals surface area contributed by atoms with E-state index in [0.717, 1.165) is 32.0 Å². The van der Waals surface area contributed by atoms with E-state index in [0.29, 0.717) is 0 Å². The van der Waals surface area contributed by atoms with E-state index in [1.807, 2.05) is 24.3 Å². The van der Waals surface area contributed by atoms with Gasteiger partial charge in [-0.15, -0.1) is 22.7 Å². The van der Waals surface area contributed by atoms with E-state index >= 15 is 0 Å². The zero-order valence-electron chi connectivity index (χ0n) is 16.6. The van der Waals surface area contributed by atoms with Crippen LogP contribution in [0, 0.1) is 20.2 Å². The van der Waals surface area contributed by atoms with E-state index in [4.69, 9.17) is 0 Å². The Morgan fingerprint density at radius 3 is 1.31 bits per heavy atom. The van der Waals surface area contributed by atoms with Gasteiger partial charge in [0.05, 0.1) is 9.85 Å². The molecule has 0 atom stereocenters. The molecule has 0 spiro atoms. The first-order valence-electron chi connectivity index (χ1n) is 9.50. The predicted octanol–water partition coefficient (Wildman–Crippen LogP) is 7.63. The molecule has 0 bridgehead atoms. The average Bonchev–Trinajstić information content (AvgIpc) is 3.46. The Kier molecular flexibility index (Phi) is 6.34. The van der Waals surface area contributed by atoms with Gasteiger partial charge in [0, 0.05) is 34.0 Å². The quantitative estimate of drug-likeness (QED) is 0.209. The fourth-order valence-electron chi connectivity index (χ4n) is 2.95.